The summed E-state index contributed by atoms with van der Waals surface area (Å²) in [6.07, 6.45) is 1.63. The van der Waals surface area contributed by atoms with E-state index in [-0.39, 0.29) is 30.6 Å². The summed E-state index contributed by atoms with van der Waals surface area (Å²) in [5.74, 6) is -4.00. The number of carbonyl (C=O) groups is 2. The second-order valence-corrected chi connectivity index (χ2v) is 8.62. The number of carbonyl (C=O) groups excluding carboxylic acids is 2. The van der Waals surface area contributed by atoms with Crippen molar-refractivity contribution in [1.82, 2.24) is 14.9 Å². The van der Waals surface area contributed by atoms with E-state index in [1.165, 1.54) is 4.90 Å². The smallest absolute Gasteiger partial charge is 0.254 e. The second-order valence-electron chi connectivity index (χ2n) is 8.62. The van der Waals surface area contributed by atoms with Crippen molar-refractivity contribution >= 4 is 29.3 Å². The lowest BCUT2D eigenvalue weighted by atomic mass is 9.95. The Balaban J connectivity index is 1.30. The third-order valence-electron chi connectivity index (χ3n) is 6.43. The standard InChI is InChI=1S/C21H21F3N6O2/c1-10-16-17(30-5-3-4-21(30,2)19(32)27-16)28-20(25-10)26-12-8-29(9-12)18(31)11-6-13(22)15(24)14(23)7-11/h6-7,12H,3-5,8-9H2,1-2H3,(H,27,32)(H,25,26,28)/t21-/m1/s1. The van der Waals surface area contributed by atoms with Gasteiger partial charge in [-0.2, -0.15) is 4.98 Å². The number of anilines is 3. The van der Waals surface area contributed by atoms with E-state index >= 15 is 0 Å². The first-order chi connectivity index (χ1) is 15.2. The Morgan fingerprint density at radius 2 is 1.91 bits per heavy atom. The zero-order chi connectivity index (χ0) is 22.8. The maximum Gasteiger partial charge on any atom is 0.254 e. The molecule has 11 heteroatoms. The van der Waals surface area contributed by atoms with Crippen molar-refractivity contribution in [2.24, 2.45) is 0 Å². The molecule has 2 aromatic rings. The van der Waals surface area contributed by atoms with Crippen LogP contribution >= 0.6 is 0 Å². The Kier molecular flexibility index (Phi) is 4.54. The summed E-state index contributed by atoms with van der Waals surface area (Å²) in [5, 5.41) is 6.11. The zero-order valence-electron chi connectivity index (χ0n) is 17.5. The molecular weight excluding hydrogens is 425 g/mol. The fraction of sp³-hybridized carbons (Fsp3) is 0.429. The maximum atomic E-state index is 13.4. The summed E-state index contributed by atoms with van der Waals surface area (Å²) in [4.78, 5) is 37.5. The quantitative estimate of drug-likeness (QED) is 0.704. The first-order valence-corrected chi connectivity index (χ1v) is 10.4. The Morgan fingerprint density at radius 1 is 1.22 bits per heavy atom. The number of fused-ring (bicyclic) bond motifs is 3. The number of aromatic nitrogens is 2. The molecule has 2 amide bonds. The monoisotopic (exact) mass is 446 g/mol. The van der Waals surface area contributed by atoms with Crippen LogP contribution in [0.15, 0.2) is 12.1 Å². The largest absolute Gasteiger partial charge is 0.348 e. The van der Waals surface area contributed by atoms with Gasteiger partial charge in [0, 0.05) is 25.2 Å². The molecule has 1 atom stereocenters. The highest BCUT2D eigenvalue weighted by Gasteiger charge is 2.48. The summed E-state index contributed by atoms with van der Waals surface area (Å²) in [5.41, 5.74) is 0.351. The minimum Gasteiger partial charge on any atom is -0.348 e. The first kappa shape index (κ1) is 20.5. The number of halogens is 3. The summed E-state index contributed by atoms with van der Waals surface area (Å²) in [7, 11) is 0. The van der Waals surface area contributed by atoms with E-state index in [9.17, 15) is 22.8 Å². The first-order valence-electron chi connectivity index (χ1n) is 10.4. The van der Waals surface area contributed by atoms with Crippen LogP contribution in [-0.2, 0) is 4.79 Å². The normalized spacial score (nSPS) is 22.2. The predicted octanol–water partition coefficient (Wildman–Crippen LogP) is 2.45. The molecule has 3 aliphatic heterocycles. The van der Waals surface area contributed by atoms with Gasteiger partial charge in [-0.25, -0.2) is 18.2 Å². The molecule has 0 radical (unpaired) electrons. The molecule has 0 aliphatic carbocycles. The van der Waals surface area contributed by atoms with Gasteiger partial charge in [0.2, 0.25) is 11.9 Å². The summed E-state index contributed by atoms with van der Waals surface area (Å²) in [6, 6.07) is 1.23. The number of benzene rings is 1. The van der Waals surface area contributed by atoms with Crippen LogP contribution in [0.4, 0.5) is 30.6 Å². The lowest BCUT2D eigenvalue weighted by molar-refractivity contribution is -0.120. The molecule has 0 bridgehead atoms. The van der Waals surface area contributed by atoms with Crippen molar-refractivity contribution in [1.29, 1.82) is 0 Å². The van der Waals surface area contributed by atoms with Crippen molar-refractivity contribution in [2.75, 3.05) is 35.2 Å². The van der Waals surface area contributed by atoms with E-state index in [2.05, 4.69) is 20.6 Å². The average Bonchev–Trinajstić information content (AvgIpc) is 3.12. The second kappa shape index (κ2) is 7.07. The number of amides is 2. The fourth-order valence-corrected chi connectivity index (χ4v) is 4.53. The van der Waals surface area contributed by atoms with Crippen molar-refractivity contribution < 1.29 is 22.8 Å². The summed E-state index contributed by atoms with van der Waals surface area (Å²) < 4.78 is 40.0. The van der Waals surface area contributed by atoms with Crippen LogP contribution in [0.2, 0.25) is 0 Å². The number of nitrogens with zero attached hydrogens (tertiary/aromatic N) is 4. The molecule has 2 fully saturated rings. The Labute approximate surface area is 181 Å². The van der Waals surface area contributed by atoms with Gasteiger partial charge in [0.1, 0.15) is 11.2 Å². The van der Waals surface area contributed by atoms with Crippen molar-refractivity contribution in [3.63, 3.8) is 0 Å². The van der Waals surface area contributed by atoms with Crippen LogP contribution in [0.3, 0.4) is 0 Å². The van der Waals surface area contributed by atoms with E-state index in [0.717, 1.165) is 19.4 Å². The van der Waals surface area contributed by atoms with E-state index < -0.39 is 28.9 Å². The molecule has 168 valence electrons. The third-order valence-corrected chi connectivity index (χ3v) is 6.43. The lowest BCUT2D eigenvalue weighted by Crippen LogP contribution is -2.57. The highest BCUT2D eigenvalue weighted by molar-refractivity contribution is 6.06. The minimum absolute atomic E-state index is 0.0586. The number of hydrogen-bond donors (Lipinski definition) is 2. The molecule has 0 spiro atoms. The van der Waals surface area contributed by atoms with Gasteiger partial charge in [-0.15, -0.1) is 0 Å². The van der Waals surface area contributed by atoms with Gasteiger partial charge in [-0.05, 0) is 38.8 Å². The molecular formula is C21H21F3N6O2. The molecule has 4 heterocycles. The number of nitrogens with one attached hydrogen (secondary N) is 2. The van der Waals surface area contributed by atoms with Gasteiger partial charge in [0.25, 0.3) is 5.91 Å². The SMILES string of the molecule is Cc1nc(NC2CN(C(=O)c3cc(F)c(F)c(F)c3)C2)nc2c1NC(=O)[C@@]1(C)CCCN21. The van der Waals surface area contributed by atoms with Crippen LogP contribution in [0.1, 0.15) is 35.8 Å². The van der Waals surface area contributed by atoms with Crippen LogP contribution in [0.25, 0.3) is 0 Å². The molecule has 32 heavy (non-hydrogen) atoms. The highest BCUT2D eigenvalue weighted by atomic mass is 19.2. The Morgan fingerprint density at radius 3 is 2.59 bits per heavy atom. The molecule has 2 N–H and O–H groups in total. The number of likely N-dealkylation sites (tertiary alicyclic amines) is 1. The van der Waals surface area contributed by atoms with Crippen LogP contribution in [-0.4, -0.2) is 57.9 Å². The number of rotatable bonds is 3. The molecule has 5 rings (SSSR count). The minimum atomic E-state index is -1.60. The van der Waals surface area contributed by atoms with E-state index in [4.69, 9.17) is 0 Å². The number of aryl methyl sites for hydroxylation is 1. The lowest BCUT2D eigenvalue weighted by Gasteiger charge is -2.41. The van der Waals surface area contributed by atoms with Crippen molar-refractivity contribution in [3.8, 4) is 0 Å². The summed E-state index contributed by atoms with van der Waals surface area (Å²) >= 11 is 0. The van der Waals surface area contributed by atoms with Crippen LogP contribution in [0.5, 0.6) is 0 Å². The molecule has 3 aliphatic rings. The van der Waals surface area contributed by atoms with E-state index in [0.29, 0.717) is 35.3 Å². The molecule has 0 saturated carbocycles. The average molecular weight is 446 g/mol. The van der Waals surface area contributed by atoms with Gasteiger partial charge in [-0.1, -0.05) is 0 Å². The highest BCUT2D eigenvalue weighted by Crippen LogP contribution is 2.43. The third kappa shape index (κ3) is 3.06. The molecule has 1 aromatic carbocycles. The Hall–Kier alpha value is -3.37. The van der Waals surface area contributed by atoms with Gasteiger partial charge in [-0.3, -0.25) is 9.59 Å². The molecule has 2 saturated heterocycles. The van der Waals surface area contributed by atoms with Gasteiger partial charge in [0.05, 0.1) is 11.7 Å². The Bertz CT molecular complexity index is 1130. The predicted molar refractivity (Wildman–Crippen MR) is 110 cm³/mol. The van der Waals surface area contributed by atoms with E-state index in [1.54, 1.807) is 6.92 Å². The van der Waals surface area contributed by atoms with Crippen molar-refractivity contribution in [3.05, 3.63) is 40.8 Å². The summed E-state index contributed by atoms with van der Waals surface area (Å²) in [6.45, 7) is 4.97. The topological polar surface area (TPSA) is 90.5 Å². The number of hydrogen-bond acceptors (Lipinski definition) is 6. The van der Waals surface area contributed by atoms with Gasteiger partial charge in [0.15, 0.2) is 23.3 Å². The van der Waals surface area contributed by atoms with Crippen molar-refractivity contribution in [2.45, 2.75) is 38.3 Å². The molecule has 8 nitrogen and oxygen atoms in total. The maximum absolute atomic E-state index is 13.4. The van der Waals surface area contributed by atoms with Gasteiger partial charge < -0.3 is 20.4 Å². The van der Waals surface area contributed by atoms with Gasteiger partial charge >= 0.3 is 0 Å². The van der Waals surface area contributed by atoms with Crippen LogP contribution < -0.4 is 15.5 Å². The zero-order valence-corrected chi connectivity index (χ0v) is 17.5. The molecule has 0 unspecified atom stereocenters. The van der Waals surface area contributed by atoms with E-state index in [1.807, 2.05) is 11.8 Å². The molecule has 1 aromatic heterocycles. The van der Waals surface area contributed by atoms with Crippen LogP contribution in [0, 0.1) is 24.4 Å². The fourth-order valence-electron chi connectivity index (χ4n) is 4.53.